The molecule has 0 spiro atoms. The van der Waals surface area contributed by atoms with Gasteiger partial charge in [-0.2, -0.15) is 0 Å². The summed E-state index contributed by atoms with van der Waals surface area (Å²) in [5.41, 5.74) is 0.190. The predicted octanol–water partition coefficient (Wildman–Crippen LogP) is 8.75. The van der Waals surface area contributed by atoms with Gasteiger partial charge in [0.2, 0.25) is 0 Å². The minimum Gasteiger partial charge on any atom is -0.417 e. The zero-order chi connectivity index (χ0) is 27.6. The third-order valence-corrected chi connectivity index (χ3v) is 13.9. The van der Waals surface area contributed by atoms with Gasteiger partial charge >= 0.3 is 7.60 Å². The molecule has 212 valence electrons. The van der Waals surface area contributed by atoms with Crippen LogP contribution in [0.1, 0.15) is 80.1 Å². The first-order valence-electron chi connectivity index (χ1n) is 14.6. The summed E-state index contributed by atoms with van der Waals surface area (Å²) >= 11 is 0. The van der Waals surface area contributed by atoms with Gasteiger partial charge < -0.3 is 13.5 Å². The van der Waals surface area contributed by atoms with E-state index in [2.05, 4.69) is 60.7 Å². The summed E-state index contributed by atoms with van der Waals surface area (Å²) in [5, 5.41) is 0.121. The van der Waals surface area contributed by atoms with Crippen LogP contribution in [0.4, 0.5) is 4.39 Å². The van der Waals surface area contributed by atoms with E-state index < -0.39 is 16.6 Å². The molecular formula is C30H52FO4PSi. The Bertz CT molecular complexity index is 965. The van der Waals surface area contributed by atoms with Gasteiger partial charge in [-0.15, -0.1) is 0 Å². The summed E-state index contributed by atoms with van der Waals surface area (Å²) in [5.74, 6) is 2.42. The van der Waals surface area contributed by atoms with Crippen LogP contribution in [0.2, 0.25) is 13.1 Å². The first-order chi connectivity index (χ1) is 17.1. The predicted molar refractivity (Wildman–Crippen MR) is 153 cm³/mol. The van der Waals surface area contributed by atoms with Crippen molar-refractivity contribution in [2.24, 2.45) is 51.8 Å². The fourth-order valence-corrected chi connectivity index (χ4v) is 12.0. The summed E-state index contributed by atoms with van der Waals surface area (Å²) in [6.45, 7) is 18.9. The van der Waals surface area contributed by atoms with E-state index >= 15 is 4.39 Å². The molecule has 0 N–H and O–H groups in total. The number of rotatable bonds is 7. The van der Waals surface area contributed by atoms with Crippen LogP contribution in [0.25, 0.3) is 0 Å². The van der Waals surface area contributed by atoms with E-state index in [1.165, 1.54) is 33.5 Å². The maximum absolute atomic E-state index is 16.0. The lowest BCUT2D eigenvalue weighted by molar-refractivity contribution is -0.0915. The SMILES string of the molecule is COP(=O)(OC)C1=C(F)[C@@H]2CC[C@@H]3[C@H](CC[C@]4(C)[C@@H]([C@H](C)C(O[SiH](C)C)C(C)(C)C)CC[C@@H]34)[C@@]2(C)C=C1. The molecule has 0 saturated heterocycles. The standard InChI is InChI=1S/C30H52FO4PSi/c1-19(27(28(2,3)4)35-37(9)10)21-13-14-22-20-11-12-24-26(31)25(36(32,33-7)34-8)16-18-30(24,6)23(20)15-17-29(21,22)5/h16,18-24,27,37H,11-15,17H2,1-10H3/t19-,20-,21+,22-,23-,24-,27?,29+,30+/m0/s1. The van der Waals surface area contributed by atoms with E-state index in [0.717, 1.165) is 19.3 Å². The molecule has 4 aliphatic rings. The van der Waals surface area contributed by atoms with Gasteiger partial charge in [0.25, 0.3) is 0 Å². The zero-order valence-electron chi connectivity index (χ0n) is 25.0. The van der Waals surface area contributed by atoms with Crippen molar-refractivity contribution in [1.82, 2.24) is 0 Å². The van der Waals surface area contributed by atoms with Gasteiger partial charge in [0, 0.05) is 20.1 Å². The monoisotopic (exact) mass is 554 g/mol. The molecule has 1 unspecified atom stereocenters. The van der Waals surface area contributed by atoms with Crippen molar-refractivity contribution in [1.29, 1.82) is 0 Å². The van der Waals surface area contributed by atoms with Gasteiger partial charge in [0.15, 0.2) is 9.04 Å². The van der Waals surface area contributed by atoms with Crippen LogP contribution in [0, 0.1) is 51.8 Å². The van der Waals surface area contributed by atoms with E-state index in [1.54, 1.807) is 6.08 Å². The highest BCUT2D eigenvalue weighted by atomic mass is 31.2. The van der Waals surface area contributed by atoms with E-state index in [1.807, 2.05) is 0 Å². The van der Waals surface area contributed by atoms with Crippen molar-refractivity contribution in [2.45, 2.75) is 99.3 Å². The van der Waals surface area contributed by atoms with Gasteiger partial charge in [-0.3, -0.25) is 4.57 Å². The number of halogens is 1. The minimum atomic E-state index is -3.62. The molecule has 4 rings (SSSR count). The Balaban J connectivity index is 1.60. The number of hydrogen-bond donors (Lipinski definition) is 0. The molecule has 0 heterocycles. The molecule has 37 heavy (non-hydrogen) atoms. The molecule has 0 aromatic rings. The average molecular weight is 555 g/mol. The summed E-state index contributed by atoms with van der Waals surface area (Å²) in [4.78, 5) is 0. The number of hydrogen-bond acceptors (Lipinski definition) is 4. The molecule has 0 aromatic heterocycles. The zero-order valence-corrected chi connectivity index (χ0v) is 27.0. The lowest BCUT2D eigenvalue weighted by atomic mass is 9.46. The number of allylic oxidation sites excluding steroid dienone is 4. The van der Waals surface area contributed by atoms with Crippen molar-refractivity contribution in [3.8, 4) is 0 Å². The maximum Gasteiger partial charge on any atom is 0.363 e. The summed E-state index contributed by atoms with van der Waals surface area (Å²) < 4.78 is 46.1. The smallest absolute Gasteiger partial charge is 0.363 e. The second kappa shape index (κ2) is 10.3. The molecule has 3 fully saturated rings. The van der Waals surface area contributed by atoms with Crippen LogP contribution in [-0.2, 0) is 18.0 Å². The molecule has 0 aliphatic heterocycles. The number of fused-ring (bicyclic) bond motifs is 5. The van der Waals surface area contributed by atoms with Crippen LogP contribution in [0.3, 0.4) is 0 Å². The Labute approximate surface area is 227 Å². The Kier molecular flexibility index (Phi) is 8.26. The van der Waals surface area contributed by atoms with Gasteiger partial charge in [0.05, 0.1) is 11.4 Å². The van der Waals surface area contributed by atoms with E-state index in [4.69, 9.17) is 13.5 Å². The van der Waals surface area contributed by atoms with Crippen molar-refractivity contribution in [3.63, 3.8) is 0 Å². The molecule has 3 saturated carbocycles. The van der Waals surface area contributed by atoms with Crippen molar-refractivity contribution in [2.75, 3.05) is 14.2 Å². The van der Waals surface area contributed by atoms with Crippen molar-refractivity contribution >= 4 is 16.6 Å². The summed E-state index contributed by atoms with van der Waals surface area (Å²) in [6, 6.07) is 0. The molecule has 9 atom stereocenters. The van der Waals surface area contributed by atoms with Gasteiger partial charge in [-0.25, -0.2) is 4.39 Å². The summed E-state index contributed by atoms with van der Waals surface area (Å²) in [6.07, 6.45) is 10.9. The van der Waals surface area contributed by atoms with Gasteiger partial charge in [-0.05, 0) is 104 Å². The second-order valence-electron chi connectivity index (χ2n) is 14.4. The van der Waals surface area contributed by atoms with E-state index in [9.17, 15) is 4.57 Å². The Morgan fingerprint density at radius 2 is 1.70 bits per heavy atom. The van der Waals surface area contributed by atoms with Crippen molar-refractivity contribution in [3.05, 3.63) is 23.3 Å². The Morgan fingerprint density at radius 1 is 1.05 bits per heavy atom. The fraction of sp³-hybridized carbons (Fsp3) is 0.867. The highest BCUT2D eigenvalue weighted by Crippen LogP contribution is 2.70. The molecule has 0 amide bonds. The van der Waals surface area contributed by atoms with E-state index in [0.29, 0.717) is 41.1 Å². The molecule has 4 aliphatic carbocycles. The fourth-order valence-electron chi connectivity index (χ4n) is 9.57. The van der Waals surface area contributed by atoms with Crippen LogP contribution < -0.4 is 0 Å². The Morgan fingerprint density at radius 3 is 2.27 bits per heavy atom. The molecule has 0 aromatic carbocycles. The first-order valence-corrected chi connectivity index (χ1v) is 18.9. The topological polar surface area (TPSA) is 44.8 Å². The third-order valence-electron chi connectivity index (χ3n) is 11.2. The van der Waals surface area contributed by atoms with Crippen LogP contribution >= 0.6 is 7.60 Å². The highest BCUT2D eigenvalue weighted by molar-refractivity contribution is 7.58. The quantitative estimate of drug-likeness (QED) is 0.233. The third kappa shape index (κ3) is 4.83. The molecule has 0 radical (unpaired) electrons. The average Bonchev–Trinajstić information content (AvgIpc) is 3.18. The highest BCUT2D eigenvalue weighted by Gasteiger charge is 2.61. The lowest BCUT2D eigenvalue weighted by Gasteiger charge is -2.59. The second-order valence-corrected chi connectivity index (χ2v) is 18.9. The Hall–Kier alpha value is -0.263. The van der Waals surface area contributed by atoms with E-state index in [-0.39, 0.29) is 27.9 Å². The van der Waals surface area contributed by atoms with Crippen LogP contribution in [0.15, 0.2) is 23.3 Å². The molecule has 4 nitrogen and oxygen atoms in total. The van der Waals surface area contributed by atoms with Crippen LogP contribution in [0.5, 0.6) is 0 Å². The lowest BCUT2D eigenvalue weighted by Crippen LogP contribution is -2.53. The van der Waals surface area contributed by atoms with Crippen molar-refractivity contribution < 1.29 is 22.4 Å². The molecule has 0 bridgehead atoms. The normalized spacial score (nSPS) is 39.8. The maximum atomic E-state index is 16.0. The summed E-state index contributed by atoms with van der Waals surface area (Å²) in [7, 11) is -2.10. The first kappa shape index (κ1) is 29.7. The molecular weight excluding hydrogens is 502 g/mol. The minimum absolute atomic E-state index is 0.121. The molecule has 7 heteroatoms. The van der Waals surface area contributed by atoms with Gasteiger partial charge in [0.1, 0.15) is 5.83 Å². The largest absolute Gasteiger partial charge is 0.417 e. The van der Waals surface area contributed by atoms with Crippen LogP contribution in [-0.4, -0.2) is 29.4 Å². The van der Waals surface area contributed by atoms with Gasteiger partial charge in [-0.1, -0.05) is 47.6 Å².